The fourth-order valence-corrected chi connectivity index (χ4v) is 2.92. The Morgan fingerprint density at radius 3 is 2.73 bits per heavy atom. The van der Waals surface area contributed by atoms with Gasteiger partial charge in [0.05, 0.1) is 23.3 Å². The van der Waals surface area contributed by atoms with E-state index < -0.39 is 16.8 Å². The zero-order valence-electron chi connectivity index (χ0n) is 11.7. The van der Waals surface area contributed by atoms with Crippen LogP contribution in [0.1, 0.15) is 6.92 Å². The predicted molar refractivity (Wildman–Crippen MR) is 80.3 cm³/mol. The van der Waals surface area contributed by atoms with Crippen LogP contribution in [0.3, 0.4) is 0 Å². The van der Waals surface area contributed by atoms with Gasteiger partial charge >= 0.3 is 16.9 Å². The number of ether oxygens (including phenoxy) is 2. The molecule has 8 nitrogen and oxygen atoms in total. The van der Waals surface area contributed by atoms with Gasteiger partial charge in [-0.1, -0.05) is 23.5 Å². The molecule has 9 heteroatoms. The SMILES string of the molecule is CCOC(=O)C(=O)Nc1c([N+](=O)[O-])sc2c(OC)cccc12. The number of esters is 1. The van der Waals surface area contributed by atoms with Crippen LogP contribution >= 0.6 is 11.3 Å². The molecule has 1 amide bonds. The molecule has 22 heavy (non-hydrogen) atoms. The summed E-state index contributed by atoms with van der Waals surface area (Å²) in [5, 5.41) is 13.6. The minimum atomic E-state index is -1.10. The summed E-state index contributed by atoms with van der Waals surface area (Å²) in [5.74, 6) is -1.71. The Labute approximate surface area is 128 Å². The highest BCUT2D eigenvalue weighted by Gasteiger charge is 2.27. The number of thiophene rings is 1. The van der Waals surface area contributed by atoms with Crippen LogP contribution < -0.4 is 10.1 Å². The number of anilines is 1. The number of amides is 1. The number of nitro groups is 1. The Morgan fingerprint density at radius 1 is 1.41 bits per heavy atom. The number of carbonyl (C=O) groups is 2. The molecule has 0 fully saturated rings. The van der Waals surface area contributed by atoms with E-state index in [-0.39, 0.29) is 17.3 Å². The Kier molecular flexibility index (Phi) is 4.56. The van der Waals surface area contributed by atoms with Gasteiger partial charge in [0, 0.05) is 5.39 Å². The number of nitrogens with one attached hydrogen (secondary N) is 1. The Hall–Kier alpha value is -2.68. The molecule has 1 aromatic heterocycles. The van der Waals surface area contributed by atoms with E-state index in [1.165, 1.54) is 7.11 Å². The van der Waals surface area contributed by atoms with Crippen LogP contribution in [-0.2, 0) is 14.3 Å². The Morgan fingerprint density at radius 2 is 2.14 bits per heavy atom. The van der Waals surface area contributed by atoms with Crippen molar-refractivity contribution in [3.05, 3.63) is 28.3 Å². The molecule has 0 aliphatic heterocycles. The third-order valence-corrected chi connectivity index (χ3v) is 3.92. The van der Waals surface area contributed by atoms with Crippen LogP contribution in [0.25, 0.3) is 10.1 Å². The molecule has 0 bridgehead atoms. The average molecular weight is 324 g/mol. The lowest BCUT2D eigenvalue weighted by Crippen LogP contribution is -2.25. The molecule has 1 N–H and O–H groups in total. The van der Waals surface area contributed by atoms with Crippen LogP contribution in [0.15, 0.2) is 18.2 Å². The zero-order chi connectivity index (χ0) is 16.3. The summed E-state index contributed by atoms with van der Waals surface area (Å²) < 4.78 is 10.2. The van der Waals surface area contributed by atoms with Gasteiger partial charge in [-0.3, -0.25) is 14.9 Å². The maximum absolute atomic E-state index is 11.7. The van der Waals surface area contributed by atoms with Crippen LogP contribution in [0, 0.1) is 10.1 Å². The lowest BCUT2D eigenvalue weighted by Gasteiger charge is -2.04. The highest BCUT2D eigenvalue weighted by molar-refractivity contribution is 7.23. The minimum absolute atomic E-state index is 0.0343. The minimum Gasteiger partial charge on any atom is -0.495 e. The summed E-state index contributed by atoms with van der Waals surface area (Å²) in [4.78, 5) is 33.7. The second kappa shape index (κ2) is 6.39. The summed E-state index contributed by atoms with van der Waals surface area (Å²) in [6, 6.07) is 4.89. The van der Waals surface area contributed by atoms with Crippen molar-refractivity contribution in [2.75, 3.05) is 19.0 Å². The molecule has 0 aliphatic rings. The van der Waals surface area contributed by atoms with E-state index in [1.54, 1.807) is 25.1 Å². The normalized spacial score (nSPS) is 10.3. The summed E-state index contributed by atoms with van der Waals surface area (Å²) in [7, 11) is 1.44. The maximum atomic E-state index is 11.7. The lowest BCUT2D eigenvalue weighted by atomic mass is 10.2. The molecule has 0 unspecified atom stereocenters. The number of methoxy groups -OCH3 is 1. The van der Waals surface area contributed by atoms with Gasteiger partial charge in [0.2, 0.25) is 0 Å². The number of fused-ring (bicyclic) bond motifs is 1. The monoisotopic (exact) mass is 324 g/mol. The van der Waals surface area contributed by atoms with E-state index in [9.17, 15) is 19.7 Å². The Bertz CT molecular complexity index is 754. The lowest BCUT2D eigenvalue weighted by molar-refractivity contribution is -0.379. The van der Waals surface area contributed by atoms with Crippen molar-refractivity contribution in [3.8, 4) is 5.75 Å². The van der Waals surface area contributed by atoms with Gasteiger partial charge in [0.1, 0.15) is 11.4 Å². The van der Waals surface area contributed by atoms with E-state index in [0.29, 0.717) is 15.8 Å². The fraction of sp³-hybridized carbons (Fsp3) is 0.231. The van der Waals surface area contributed by atoms with Gasteiger partial charge in [0.15, 0.2) is 0 Å². The molecule has 0 saturated carbocycles. The predicted octanol–water partition coefficient (Wildman–Crippen LogP) is 2.32. The molecule has 2 aromatic rings. The van der Waals surface area contributed by atoms with Gasteiger partial charge < -0.3 is 14.8 Å². The van der Waals surface area contributed by atoms with Crippen molar-refractivity contribution in [2.24, 2.45) is 0 Å². The van der Waals surface area contributed by atoms with Crippen molar-refractivity contribution >= 4 is 44.0 Å². The van der Waals surface area contributed by atoms with Crippen LogP contribution in [0.2, 0.25) is 0 Å². The first-order chi connectivity index (χ1) is 10.5. The molecule has 2 rings (SSSR count). The molecule has 0 atom stereocenters. The summed E-state index contributed by atoms with van der Waals surface area (Å²) in [6.07, 6.45) is 0. The van der Waals surface area contributed by atoms with Crippen molar-refractivity contribution in [1.82, 2.24) is 0 Å². The van der Waals surface area contributed by atoms with Crippen molar-refractivity contribution in [1.29, 1.82) is 0 Å². The van der Waals surface area contributed by atoms with Crippen molar-refractivity contribution < 1.29 is 24.0 Å². The Balaban J connectivity index is 2.51. The van der Waals surface area contributed by atoms with E-state index in [4.69, 9.17) is 4.74 Å². The zero-order valence-corrected chi connectivity index (χ0v) is 12.6. The first-order valence-corrected chi connectivity index (χ1v) is 7.03. The summed E-state index contributed by atoms with van der Waals surface area (Å²) in [5.41, 5.74) is -0.0399. The first-order valence-electron chi connectivity index (χ1n) is 6.21. The third kappa shape index (κ3) is 2.84. The van der Waals surface area contributed by atoms with Gasteiger partial charge in [-0.2, -0.15) is 0 Å². The molecule has 0 spiro atoms. The van der Waals surface area contributed by atoms with E-state index in [1.807, 2.05) is 0 Å². The van der Waals surface area contributed by atoms with Gasteiger partial charge in [-0.25, -0.2) is 4.79 Å². The number of hydrogen-bond acceptors (Lipinski definition) is 7. The van der Waals surface area contributed by atoms with E-state index >= 15 is 0 Å². The number of rotatable bonds is 4. The average Bonchev–Trinajstić information content (AvgIpc) is 2.86. The highest BCUT2D eigenvalue weighted by Crippen LogP contribution is 2.45. The second-order valence-corrected chi connectivity index (χ2v) is 5.05. The van der Waals surface area contributed by atoms with E-state index in [0.717, 1.165) is 11.3 Å². The van der Waals surface area contributed by atoms with E-state index in [2.05, 4.69) is 10.1 Å². The van der Waals surface area contributed by atoms with Crippen LogP contribution in [0.5, 0.6) is 5.75 Å². The maximum Gasteiger partial charge on any atom is 0.397 e. The number of carbonyl (C=O) groups excluding carboxylic acids is 2. The molecular formula is C13H12N2O6S. The number of hydrogen-bond donors (Lipinski definition) is 1. The summed E-state index contributed by atoms with van der Waals surface area (Å²) >= 11 is 0.859. The molecule has 0 saturated heterocycles. The second-order valence-electron chi connectivity index (χ2n) is 4.05. The fourth-order valence-electron chi connectivity index (χ4n) is 1.85. The van der Waals surface area contributed by atoms with Crippen LogP contribution in [-0.4, -0.2) is 30.5 Å². The molecule has 1 aromatic carbocycles. The molecule has 0 aliphatic carbocycles. The topological polar surface area (TPSA) is 108 Å². The standard InChI is InChI=1S/C13H12N2O6S/c1-3-21-13(17)11(16)14-9-7-5-4-6-8(20-2)10(7)22-12(9)15(18)19/h4-6H,3H2,1-2H3,(H,14,16). The van der Waals surface area contributed by atoms with Gasteiger partial charge in [-0.05, 0) is 13.0 Å². The molecular weight excluding hydrogens is 312 g/mol. The molecule has 0 radical (unpaired) electrons. The van der Waals surface area contributed by atoms with Crippen molar-refractivity contribution in [2.45, 2.75) is 6.92 Å². The number of benzene rings is 1. The highest BCUT2D eigenvalue weighted by atomic mass is 32.1. The summed E-state index contributed by atoms with van der Waals surface area (Å²) in [6.45, 7) is 1.59. The number of nitrogens with zero attached hydrogens (tertiary/aromatic N) is 1. The third-order valence-electron chi connectivity index (χ3n) is 2.75. The molecule has 1 heterocycles. The van der Waals surface area contributed by atoms with Gasteiger partial charge in [-0.15, -0.1) is 0 Å². The quantitative estimate of drug-likeness (QED) is 0.400. The molecule has 116 valence electrons. The van der Waals surface area contributed by atoms with Crippen LogP contribution in [0.4, 0.5) is 10.7 Å². The van der Waals surface area contributed by atoms with Gasteiger partial charge in [0.25, 0.3) is 0 Å². The largest absolute Gasteiger partial charge is 0.495 e. The van der Waals surface area contributed by atoms with Crippen molar-refractivity contribution in [3.63, 3.8) is 0 Å². The first kappa shape index (κ1) is 15.7. The smallest absolute Gasteiger partial charge is 0.397 e.